The summed E-state index contributed by atoms with van der Waals surface area (Å²) in [7, 11) is 3.38. The Kier molecular flexibility index (Phi) is 5.62. The van der Waals surface area contributed by atoms with Gasteiger partial charge in [0.1, 0.15) is 0 Å². The number of halogens is 4. The van der Waals surface area contributed by atoms with E-state index in [0.29, 0.717) is 17.5 Å². The van der Waals surface area contributed by atoms with E-state index in [0.717, 1.165) is 17.7 Å². The molecule has 1 unspecified atom stereocenters. The second-order valence-electron chi connectivity index (χ2n) is 3.95. The molecule has 0 spiro atoms. The van der Waals surface area contributed by atoms with Crippen LogP contribution >= 0.6 is 15.9 Å². The Labute approximate surface area is 113 Å². The lowest BCUT2D eigenvalue weighted by Crippen LogP contribution is -2.32. The first kappa shape index (κ1) is 15.5. The van der Waals surface area contributed by atoms with Gasteiger partial charge in [-0.1, -0.05) is 22.0 Å². The zero-order chi connectivity index (χ0) is 13.8. The number of rotatable bonds is 5. The van der Waals surface area contributed by atoms with Gasteiger partial charge in [0.05, 0.1) is 12.2 Å². The van der Waals surface area contributed by atoms with E-state index >= 15 is 0 Å². The predicted molar refractivity (Wildman–Crippen MR) is 67.6 cm³/mol. The van der Waals surface area contributed by atoms with Gasteiger partial charge in [-0.05, 0) is 31.2 Å². The van der Waals surface area contributed by atoms with Crippen LogP contribution in [-0.2, 0) is 17.3 Å². The van der Waals surface area contributed by atoms with Gasteiger partial charge in [-0.2, -0.15) is 13.2 Å². The summed E-state index contributed by atoms with van der Waals surface area (Å²) < 4.78 is 43.0. The van der Waals surface area contributed by atoms with Crippen molar-refractivity contribution in [3.05, 3.63) is 33.8 Å². The van der Waals surface area contributed by atoms with Crippen molar-refractivity contribution in [1.82, 2.24) is 5.32 Å². The van der Waals surface area contributed by atoms with Crippen molar-refractivity contribution in [1.29, 1.82) is 0 Å². The molecule has 1 aromatic carbocycles. The van der Waals surface area contributed by atoms with E-state index in [2.05, 4.69) is 21.2 Å². The first-order valence-electron chi connectivity index (χ1n) is 5.40. The van der Waals surface area contributed by atoms with Crippen LogP contribution in [0.25, 0.3) is 0 Å². The minimum absolute atomic E-state index is 0.0723. The molecular formula is C12H15BrF3NO. The molecule has 0 fully saturated rings. The molecule has 1 rings (SSSR count). The van der Waals surface area contributed by atoms with E-state index in [1.807, 2.05) is 0 Å². The Hall–Kier alpha value is -0.590. The van der Waals surface area contributed by atoms with Crippen LogP contribution in [0.2, 0.25) is 0 Å². The van der Waals surface area contributed by atoms with Gasteiger partial charge in [-0.3, -0.25) is 0 Å². The molecule has 1 N–H and O–H groups in total. The highest BCUT2D eigenvalue weighted by atomic mass is 79.9. The highest BCUT2D eigenvalue weighted by molar-refractivity contribution is 9.10. The Morgan fingerprint density at radius 3 is 2.50 bits per heavy atom. The second-order valence-corrected chi connectivity index (χ2v) is 4.80. The summed E-state index contributed by atoms with van der Waals surface area (Å²) in [6, 6.07) is 3.77. The minimum atomic E-state index is -4.31. The van der Waals surface area contributed by atoms with Crippen LogP contribution in [0.15, 0.2) is 22.7 Å². The van der Waals surface area contributed by atoms with E-state index in [4.69, 9.17) is 4.74 Å². The van der Waals surface area contributed by atoms with Gasteiger partial charge in [-0.25, -0.2) is 0 Å². The van der Waals surface area contributed by atoms with E-state index < -0.39 is 11.7 Å². The number of nitrogens with one attached hydrogen (secondary N) is 1. The average Bonchev–Trinajstić information content (AvgIpc) is 2.29. The zero-order valence-electron chi connectivity index (χ0n) is 10.1. The summed E-state index contributed by atoms with van der Waals surface area (Å²) in [4.78, 5) is 0. The predicted octanol–water partition coefficient (Wildman–Crippen LogP) is 3.24. The molecule has 0 aromatic heterocycles. The van der Waals surface area contributed by atoms with E-state index in [-0.39, 0.29) is 6.04 Å². The van der Waals surface area contributed by atoms with Crippen molar-refractivity contribution in [2.45, 2.75) is 18.6 Å². The fourth-order valence-corrected chi connectivity index (χ4v) is 2.14. The summed E-state index contributed by atoms with van der Waals surface area (Å²) in [5, 5.41) is 3.06. The summed E-state index contributed by atoms with van der Waals surface area (Å²) in [6.45, 7) is 0.504. The van der Waals surface area contributed by atoms with Gasteiger partial charge in [-0.15, -0.1) is 0 Å². The maximum atomic E-state index is 12.5. The van der Waals surface area contributed by atoms with Gasteiger partial charge < -0.3 is 10.1 Å². The topological polar surface area (TPSA) is 21.3 Å². The van der Waals surface area contributed by atoms with Crippen molar-refractivity contribution in [2.75, 3.05) is 20.8 Å². The molecule has 6 heteroatoms. The van der Waals surface area contributed by atoms with Crippen molar-refractivity contribution in [3.63, 3.8) is 0 Å². The molecule has 0 amide bonds. The van der Waals surface area contributed by atoms with Crippen molar-refractivity contribution >= 4 is 15.9 Å². The fourth-order valence-electron chi connectivity index (χ4n) is 1.60. The normalized spacial score (nSPS) is 13.7. The Balaban J connectivity index is 2.85. The maximum absolute atomic E-state index is 12.5. The molecular weight excluding hydrogens is 311 g/mol. The number of hydrogen-bond donors (Lipinski definition) is 1. The molecule has 0 bridgehead atoms. The lowest BCUT2D eigenvalue weighted by Gasteiger charge is -2.17. The van der Waals surface area contributed by atoms with Crippen LogP contribution < -0.4 is 5.32 Å². The number of methoxy groups -OCH3 is 1. The lowest BCUT2D eigenvalue weighted by molar-refractivity contribution is -0.137. The van der Waals surface area contributed by atoms with Crippen molar-refractivity contribution in [2.24, 2.45) is 0 Å². The average molecular weight is 326 g/mol. The quantitative estimate of drug-likeness (QED) is 0.897. The van der Waals surface area contributed by atoms with Crippen LogP contribution in [0, 0.1) is 0 Å². The molecule has 0 saturated heterocycles. The van der Waals surface area contributed by atoms with Crippen LogP contribution in [0.4, 0.5) is 13.2 Å². The van der Waals surface area contributed by atoms with Gasteiger partial charge >= 0.3 is 6.18 Å². The molecule has 1 aromatic rings. The summed E-state index contributed by atoms with van der Waals surface area (Å²) in [5.41, 5.74) is 0.172. The minimum Gasteiger partial charge on any atom is -0.383 e. The number of alkyl halides is 3. The van der Waals surface area contributed by atoms with Gasteiger partial charge in [0.15, 0.2) is 0 Å². The summed E-state index contributed by atoms with van der Waals surface area (Å²) >= 11 is 3.18. The van der Waals surface area contributed by atoms with Gasteiger partial charge in [0.25, 0.3) is 0 Å². The molecule has 18 heavy (non-hydrogen) atoms. The number of likely N-dealkylation sites (N-methyl/N-ethyl adjacent to an activating group) is 1. The van der Waals surface area contributed by atoms with E-state index in [1.165, 1.54) is 6.07 Å². The standard InChI is InChI=1S/C12H15BrF3NO/c1-17-10(7-18-2)5-8-3-4-9(6-11(8)13)12(14,15)16/h3-4,6,10,17H,5,7H2,1-2H3. The van der Waals surface area contributed by atoms with E-state index in [1.54, 1.807) is 14.2 Å². The molecule has 1 atom stereocenters. The highest BCUT2D eigenvalue weighted by Gasteiger charge is 2.30. The Morgan fingerprint density at radius 1 is 1.39 bits per heavy atom. The molecule has 2 nitrogen and oxygen atoms in total. The van der Waals surface area contributed by atoms with Gasteiger partial charge in [0, 0.05) is 17.6 Å². The smallest absolute Gasteiger partial charge is 0.383 e. The van der Waals surface area contributed by atoms with Crippen LogP contribution in [0.3, 0.4) is 0 Å². The maximum Gasteiger partial charge on any atom is 0.416 e. The molecule has 0 radical (unpaired) electrons. The highest BCUT2D eigenvalue weighted by Crippen LogP contribution is 2.32. The Bertz CT molecular complexity index is 395. The number of hydrogen-bond acceptors (Lipinski definition) is 2. The molecule has 0 aliphatic carbocycles. The van der Waals surface area contributed by atoms with E-state index in [9.17, 15) is 13.2 Å². The first-order valence-corrected chi connectivity index (χ1v) is 6.19. The SMILES string of the molecule is CNC(COC)Cc1ccc(C(F)(F)F)cc1Br. The second kappa shape index (κ2) is 6.54. The lowest BCUT2D eigenvalue weighted by atomic mass is 10.0. The molecule has 0 heterocycles. The monoisotopic (exact) mass is 325 g/mol. The zero-order valence-corrected chi connectivity index (χ0v) is 11.7. The van der Waals surface area contributed by atoms with Crippen LogP contribution in [0.5, 0.6) is 0 Å². The Morgan fingerprint density at radius 2 is 2.06 bits per heavy atom. The van der Waals surface area contributed by atoms with Crippen LogP contribution in [0.1, 0.15) is 11.1 Å². The number of ether oxygens (including phenoxy) is 1. The first-order chi connectivity index (χ1) is 8.38. The molecule has 102 valence electrons. The third-order valence-corrected chi connectivity index (χ3v) is 3.36. The van der Waals surface area contributed by atoms with Gasteiger partial charge in [0.2, 0.25) is 0 Å². The third-order valence-electron chi connectivity index (χ3n) is 2.62. The van der Waals surface area contributed by atoms with Crippen molar-refractivity contribution < 1.29 is 17.9 Å². The summed E-state index contributed by atoms with van der Waals surface area (Å²) in [5.74, 6) is 0. The number of benzene rings is 1. The molecule has 0 aliphatic heterocycles. The molecule has 0 saturated carbocycles. The largest absolute Gasteiger partial charge is 0.416 e. The summed E-state index contributed by atoms with van der Waals surface area (Å²) in [6.07, 6.45) is -3.71. The third kappa shape index (κ3) is 4.26. The van der Waals surface area contributed by atoms with Crippen molar-refractivity contribution in [3.8, 4) is 0 Å². The fraction of sp³-hybridized carbons (Fsp3) is 0.500. The molecule has 0 aliphatic rings. The van der Waals surface area contributed by atoms with Crippen LogP contribution in [-0.4, -0.2) is 26.8 Å².